The van der Waals surface area contributed by atoms with Gasteiger partial charge in [0.1, 0.15) is 5.75 Å². The summed E-state index contributed by atoms with van der Waals surface area (Å²) in [5.74, 6) is -1.51. The van der Waals surface area contributed by atoms with Gasteiger partial charge >= 0.3 is 16.5 Å². The minimum atomic E-state index is -2.85. The average molecular weight is 303 g/mol. The van der Waals surface area contributed by atoms with E-state index in [-0.39, 0.29) is 0 Å². The van der Waals surface area contributed by atoms with E-state index >= 15 is 0 Å². The number of rotatable bonds is 5. The van der Waals surface area contributed by atoms with Gasteiger partial charge in [-0.25, -0.2) is 9.18 Å². The highest BCUT2D eigenvalue weighted by molar-refractivity contribution is 7.61. The number of para-hydroxylation sites is 1. The molecular weight excluding hydrogens is 289 g/mol. The molecule has 0 bridgehead atoms. The summed E-state index contributed by atoms with van der Waals surface area (Å²) in [5.41, 5.74) is 0. The molecule has 0 fully saturated rings. The smallest absolute Gasteiger partial charge is 0.330 e. The predicted octanol–water partition coefficient (Wildman–Crippen LogP) is 2.07. The van der Waals surface area contributed by atoms with Crippen LogP contribution in [0.3, 0.4) is 0 Å². The molecule has 0 aliphatic heterocycles. The quantitative estimate of drug-likeness (QED) is 0.898. The Morgan fingerprint density at radius 1 is 1.45 bits per heavy atom. The summed E-state index contributed by atoms with van der Waals surface area (Å²) in [4.78, 5) is 10.2. The number of benzene rings is 1. The van der Waals surface area contributed by atoms with Gasteiger partial charge in [0.15, 0.2) is 6.04 Å². The van der Waals surface area contributed by atoms with Crippen LogP contribution in [0.2, 0.25) is 0 Å². The topological polar surface area (TPSA) is 93.0 Å². The van der Waals surface area contributed by atoms with Crippen molar-refractivity contribution in [2.24, 2.45) is 4.36 Å². The van der Waals surface area contributed by atoms with Crippen LogP contribution in [0.15, 0.2) is 47.1 Å². The zero-order valence-electron chi connectivity index (χ0n) is 10.7. The number of carboxylic acids is 1. The molecule has 0 saturated carbocycles. The van der Waals surface area contributed by atoms with Gasteiger partial charge in [-0.3, -0.25) is 0 Å². The van der Waals surface area contributed by atoms with Crippen LogP contribution < -0.4 is 4.74 Å². The molecule has 0 amide bonds. The highest BCUT2D eigenvalue weighted by Crippen LogP contribution is 2.07. The van der Waals surface area contributed by atoms with Crippen LogP contribution in [-0.4, -0.2) is 32.6 Å². The number of aliphatic carboxylic acids is 1. The highest BCUT2D eigenvalue weighted by Gasteiger charge is 2.17. The maximum Gasteiger partial charge on any atom is 0.330 e. The zero-order valence-corrected chi connectivity index (χ0v) is 11.5. The van der Waals surface area contributed by atoms with Crippen LogP contribution in [0, 0.1) is 0 Å². The second-order valence-electron chi connectivity index (χ2n) is 3.42. The molecule has 1 unspecified atom stereocenters. The van der Waals surface area contributed by atoms with Crippen molar-refractivity contribution in [3.05, 3.63) is 42.7 Å². The summed E-state index contributed by atoms with van der Waals surface area (Å²) in [6.45, 7) is 2.79. The molecule has 8 heteroatoms. The lowest BCUT2D eigenvalue weighted by Gasteiger charge is -2.00. The monoisotopic (exact) mass is 303 g/mol. The Morgan fingerprint density at radius 3 is 2.30 bits per heavy atom. The van der Waals surface area contributed by atoms with Gasteiger partial charge in [-0.15, -0.1) is 0 Å². The first kappa shape index (κ1) is 17.8. The predicted molar refractivity (Wildman–Crippen MR) is 70.6 cm³/mol. The van der Waals surface area contributed by atoms with Crippen LogP contribution in [0.4, 0.5) is 4.39 Å². The molecule has 0 aromatic heterocycles. The van der Waals surface area contributed by atoms with Crippen molar-refractivity contribution in [1.82, 2.24) is 0 Å². The van der Waals surface area contributed by atoms with Crippen molar-refractivity contribution in [2.45, 2.75) is 12.5 Å². The Kier molecular flexibility index (Phi) is 8.60. The second-order valence-corrected chi connectivity index (χ2v) is 4.06. The number of methoxy groups -OCH3 is 1. The Hall–Kier alpha value is -2.22. The second kappa shape index (κ2) is 9.68. The molecule has 1 rings (SSSR count). The van der Waals surface area contributed by atoms with Crippen LogP contribution in [0.25, 0.3) is 0 Å². The fourth-order valence-electron chi connectivity index (χ4n) is 1.04. The van der Waals surface area contributed by atoms with Gasteiger partial charge in [0.2, 0.25) is 0 Å². The first-order chi connectivity index (χ1) is 9.36. The van der Waals surface area contributed by atoms with Crippen molar-refractivity contribution in [3.63, 3.8) is 0 Å². The van der Waals surface area contributed by atoms with E-state index in [0.29, 0.717) is 0 Å². The lowest BCUT2D eigenvalue weighted by Crippen LogP contribution is -2.17. The molecule has 0 aliphatic rings. The molecule has 6 nitrogen and oxygen atoms in total. The summed E-state index contributed by atoms with van der Waals surface area (Å²) in [5, 5.41) is 8.30. The van der Waals surface area contributed by atoms with E-state index in [9.17, 15) is 17.6 Å². The fraction of sp³-hybridized carbons (Fsp3) is 0.250. The standard InChI is InChI=1S/C7H8O.C5H6FNO4S/c1-8-7-5-3-2-4-6-7;1-3(6)2-4(5(8)9)7-12(10)11/h2-6H,1H3;4H,1-2H2,(H,8,9). The molecule has 1 N–H and O–H groups in total. The Morgan fingerprint density at radius 2 is 2.00 bits per heavy atom. The normalized spacial score (nSPS) is 10.5. The SMILES string of the molecule is C=C(F)CC(N=S(=O)=O)C(=O)O.COc1ccccc1. The average Bonchev–Trinajstić information content (AvgIpc) is 2.38. The Bertz CT molecular complexity index is 563. The van der Waals surface area contributed by atoms with Gasteiger partial charge in [0.05, 0.1) is 12.9 Å². The number of ether oxygens (including phenoxy) is 1. The van der Waals surface area contributed by atoms with Crippen LogP contribution >= 0.6 is 0 Å². The van der Waals surface area contributed by atoms with Gasteiger partial charge in [0.25, 0.3) is 0 Å². The fourth-order valence-corrected chi connectivity index (χ4v) is 1.41. The van der Waals surface area contributed by atoms with E-state index in [4.69, 9.17) is 9.84 Å². The molecule has 20 heavy (non-hydrogen) atoms. The number of hydrogen-bond donors (Lipinski definition) is 1. The molecule has 110 valence electrons. The number of carbonyl (C=O) groups is 1. The number of halogens is 1. The molecular formula is C12H14FNO5S. The van der Waals surface area contributed by atoms with Gasteiger partial charge in [0, 0.05) is 6.42 Å². The molecule has 1 atom stereocenters. The largest absolute Gasteiger partial charge is 0.497 e. The van der Waals surface area contributed by atoms with Crippen molar-refractivity contribution in [3.8, 4) is 5.75 Å². The molecule has 0 heterocycles. The van der Waals surface area contributed by atoms with Gasteiger partial charge in [-0.1, -0.05) is 24.8 Å². The summed E-state index contributed by atoms with van der Waals surface area (Å²) in [7, 11) is -1.18. The van der Waals surface area contributed by atoms with E-state index < -0.39 is 34.8 Å². The summed E-state index contributed by atoms with van der Waals surface area (Å²) < 4.78 is 39.5. The number of nitrogens with zero attached hydrogens (tertiary/aromatic N) is 1. The van der Waals surface area contributed by atoms with Gasteiger partial charge < -0.3 is 9.84 Å². The van der Waals surface area contributed by atoms with Crippen LogP contribution in [0.1, 0.15) is 6.42 Å². The van der Waals surface area contributed by atoms with E-state index in [0.717, 1.165) is 5.75 Å². The number of carboxylic acid groups (broad SMARTS) is 1. The third-order valence-electron chi connectivity index (χ3n) is 1.89. The molecule has 0 aliphatic carbocycles. The molecule has 1 aromatic rings. The van der Waals surface area contributed by atoms with E-state index in [1.54, 1.807) is 7.11 Å². The van der Waals surface area contributed by atoms with Gasteiger partial charge in [-0.2, -0.15) is 12.8 Å². The molecule has 1 aromatic carbocycles. The minimum Gasteiger partial charge on any atom is -0.497 e. The molecule has 0 saturated heterocycles. The third-order valence-corrected chi connectivity index (χ3v) is 2.32. The summed E-state index contributed by atoms with van der Waals surface area (Å²) in [6, 6.07) is 8.07. The first-order valence-corrected chi connectivity index (χ1v) is 6.35. The Balaban J connectivity index is 0.000000388. The zero-order chi connectivity index (χ0) is 15.5. The maximum atomic E-state index is 12.0. The van der Waals surface area contributed by atoms with E-state index in [2.05, 4.69) is 10.9 Å². The third kappa shape index (κ3) is 8.81. The lowest BCUT2D eigenvalue weighted by molar-refractivity contribution is -0.138. The van der Waals surface area contributed by atoms with E-state index in [1.165, 1.54) is 0 Å². The van der Waals surface area contributed by atoms with Crippen molar-refractivity contribution in [1.29, 1.82) is 0 Å². The van der Waals surface area contributed by atoms with Crippen molar-refractivity contribution < 1.29 is 27.4 Å². The summed E-state index contributed by atoms with van der Waals surface area (Å²) >= 11 is 0. The molecule has 0 radical (unpaired) electrons. The minimum absolute atomic E-state index is 0.622. The lowest BCUT2D eigenvalue weighted by atomic mass is 10.2. The maximum absolute atomic E-state index is 12.0. The first-order valence-electron chi connectivity index (χ1n) is 5.32. The van der Waals surface area contributed by atoms with Gasteiger partial charge in [-0.05, 0) is 12.1 Å². The van der Waals surface area contributed by atoms with Crippen molar-refractivity contribution in [2.75, 3.05) is 7.11 Å². The van der Waals surface area contributed by atoms with Crippen molar-refractivity contribution >= 4 is 16.5 Å². The van der Waals surface area contributed by atoms with Crippen LogP contribution in [0.5, 0.6) is 5.75 Å². The van der Waals surface area contributed by atoms with E-state index in [1.807, 2.05) is 30.3 Å². The Labute approximate surface area is 117 Å². The van der Waals surface area contributed by atoms with Crippen LogP contribution in [-0.2, 0) is 15.3 Å². The number of hydrogen-bond acceptors (Lipinski definition) is 5. The summed E-state index contributed by atoms with van der Waals surface area (Å²) in [6.07, 6.45) is -0.622. The highest BCUT2D eigenvalue weighted by atomic mass is 32.2. The molecule has 0 spiro atoms.